The summed E-state index contributed by atoms with van der Waals surface area (Å²) < 4.78 is 6.13. The van der Waals surface area contributed by atoms with Crippen LogP contribution < -0.4 is 26.6 Å². The van der Waals surface area contributed by atoms with E-state index in [1.54, 1.807) is 29.9 Å². The Labute approximate surface area is 731 Å². The molecule has 2 fully saturated rings. The number of nitrogens with zero attached hydrogens (tertiary/aromatic N) is 12. The minimum Gasteiger partial charge on any atom is -0.354 e. The van der Waals surface area contributed by atoms with Crippen LogP contribution in [-0.2, 0) is 6.42 Å². The third-order valence-electron chi connectivity index (χ3n) is 23.2. The lowest BCUT2D eigenvalue weighted by Gasteiger charge is -2.33. The number of aromatic amines is 5. The second-order valence-corrected chi connectivity index (χ2v) is 34.5. The van der Waals surface area contributed by atoms with Gasteiger partial charge in [0, 0.05) is 97.6 Å². The summed E-state index contributed by atoms with van der Waals surface area (Å²) >= 11 is 27.5. The SMILES string of the molecule is [C-]#[N+]C1=C(C(C)(C)C)Nc2[nH]ncc2C1c1ccccc1Cl.[C-]#[N+]C1=C(C2CCCCC2)Nc2[nH]ncc2C1c1ccccc1Cl.[C-]#[N+]C1=C(CCC)Nc2n[nH]c(C3CC3)c2C1c1ccccc1Cl.[C-]#[N+]C1=C(CCC)Nc2n[nH]c(CC)c2C1c1ccccc1Cl.[C-]#[N+]C1=C(c2cc3ccccc3s2)Nc2[nH]ncc2C1c1cccc2nonc12. The zero-order valence-electron chi connectivity index (χ0n) is 67.8. The van der Waals surface area contributed by atoms with Crippen molar-refractivity contribution in [1.82, 2.24) is 61.3 Å². The fourth-order valence-electron chi connectivity index (χ4n) is 17.4. The lowest BCUT2D eigenvalue weighted by atomic mass is 9.80. The third-order valence-corrected chi connectivity index (χ3v) is 25.7. The summed E-state index contributed by atoms with van der Waals surface area (Å²) in [4.78, 5) is 20.5. The monoisotopic (exact) mass is 1710 g/mol. The molecule has 0 spiro atoms. The highest BCUT2D eigenvalue weighted by Gasteiger charge is 2.43. The minimum absolute atomic E-state index is 0.136. The number of benzene rings is 6. The van der Waals surface area contributed by atoms with E-state index in [9.17, 15) is 0 Å². The van der Waals surface area contributed by atoms with Gasteiger partial charge in [0.15, 0.2) is 34.4 Å². The van der Waals surface area contributed by atoms with Crippen LogP contribution in [0.25, 0.3) is 51.0 Å². The first-order valence-electron chi connectivity index (χ1n) is 40.8. The number of anilines is 5. The molecule has 0 radical (unpaired) electrons. The highest BCUT2D eigenvalue weighted by molar-refractivity contribution is 7.20. The Morgan fingerprint density at radius 1 is 0.451 bits per heavy atom. The smallest absolute Gasteiger partial charge is 0.201 e. The molecule has 5 aliphatic heterocycles. The van der Waals surface area contributed by atoms with E-state index in [-0.39, 0.29) is 35.0 Å². The second kappa shape index (κ2) is 36.2. The largest absolute Gasteiger partial charge is 0.354 e. The van der Waals surface area contributed by atoms with Gasteiger partial charge in [-0.15, -0.1) is 11.3 Å². The van der Waals surface area contributed by atoms with E-state index in [4.69, 9.17) is 83.9 Å². The maximum Gasteiger partial charge on any atom is 0.201 e. The van der Waals surface area contributed by atoms with Gasteiger partial charge in [-0.05, 0) is 142 Å². The number of aromatic nitrogens is 12. The predicted octanol–water partition coefficient (Wildman–Crippen LogP) is 25.7. The molecule has 0 bridgehead atoms. The van der Waals surface area contributed by atoms with Crippen LogP contribution >= 0.6 is 57.7 Å². The van der Waals surface area contributed by atoms with Crippen LogP contribution in [0, 0.1) is 44.2 Å². The summed E-state index contributed by atoms with van der Waals surface area (Å²) in [7, 11) is 0. The van der Waals surface area contributed by atoms with Crippen LogP contribution in [0.15, 0.2) is 220 Å². The van der Waals surface area contributed by atoms with Crippen molar-refractivity contribution >= 4 is 114 Å². The molecule has 12 heterocycles. The summed E-state index contributed by atoms with van der Waals surface area (Å²) in [6.45, 7) is 51.7. The number of rotatable bonds is 13. The molecule has 5 atom stereocenters. The molecule has 6 aromatic carbocycles. The van der Waals surface area contributed by atoms with Gasteiger partial charge in [0.1, 0.15) is 28.5 Å². The molecule has 13 aromatic rings. The maximum absolute atomic E-state index is 8.00. The van der Waals surface area contributed by atoms with Gasteiger partial charge in [-0.1, -0.05) is 223 Å². The fourth-order valence-corrected chi connectivity index (χ4v) is 19.4. The van der Waals surface area contributed by atoms with E-state index in [2.05, 4.69) is 172 Å². The molecule has 7 aliphatic rings. The Hall–Kier alpha value is -13.0. The highest BCUT2D eigenvalue weighted by Crippen LogP contribution is 2.55. The summed E-state index contributed by atoms with van der Waals surface area (Å²) in [6, 6.07) is 47.1. The summed E-state index contributed by atoms with van der Waals surface area (Å²) in [6.07, 6.45) is 18.2. The molecule has 23 nitrogen and oxygen atoms in total. The molecule has 5 unspecified atom stereocenters. The van der Waals surface area contributed by atoms with Crippen molar-refractivity contribution in [3.8, 4) is 0 Å². The number of hydrogen-bond acceptors (Lipinski definition) is 14. The molecule has 122 heavy (non-hydrogen) atoms. The summed E-state index contributed by atoms with van der Waals surface area (Å²) in [5.74, 6) is 4.18. The van der Waals surface area contributed by atoms with Gasteiger partial charge in [-0.3, -0.25) is 25.5 Å². The lowest BCUT2D eigenvalue weighted by molar-refractivity contribution is 0.315. The molecule has 2 saturated carbocycles. The van der Waals surface area contributed by atoms with E-state index in [1.165, 1.54) is 42.5 Å². The van der Waals surface area contributed by atoms with Gasteiger partial charge in [0.25, 0.3) is 0 Å². The average molecular weight is 1710 g/mol. The van der Waals surface area contributed by atoms with Gasteiger partial charge >= 0.3 is 0 Å². The van der Waals surface area contributed by atoms with Crippen LogP contribution in [0.4, 0.5) is 29.1 Å². The zero-order chi connectivity index (χ0) is 84.9. The van der Waals surface area contributed by atoms with Crippen molar-refractivity contribution in [2.24, 2.45) is 11.3 Å². The number of aryl methyl sites for hydroxylation is 1. The third kappa shape index (κ3) is 16.1. The Balaban J connectivity index is 0.000000114. The first kappa shape index (κ1) is 82.7. The number of fused-ring (bicyclic) bond motifs is 7. The fraction of sp³-hybridized carbons (Fsp3) is 0.277. The predicted molar refractivity (Wildman–Crippen MR) is 485 cm³/mol. The minimum atomic E-state index is -0.321. The molecular formula is C94H86Cl4N22OS. The standard InChI is InChI=1S/C21H12N6OS.2C19H19ClN4.C18H19ClN4.C17H17ClN4/c1-22-20-17(12-6-4-7-14-18(12)27-28-26-14)13-10-23-25-21(13)24-19(20)16-9-11-5-2-3-8-15(11)29-16;1-21-18-16(13-9-5-6-10-15(13)20)14-11-22-24-19(14)23-17(18)12-7-3-2-4-8-12;1-3-6-14-18(21-2)15(12-7-4-5-8-13(12)20)16-17(11-9-10-11)23-24-19(16)22-14;1-4-8-14-17(20-3)15(11-9-6-7-10-12(11)19)16-13(5-2)22-23-18(16)21-14;1-17(2,3)15-14(19-4)13(10-7-5-6-8-12(10)18)11-9-20-22-16(11)21-15/h2-10,17H,(H2,23,24,25);5-6,9-12,16H,2-4,7-8H2,(H2,22,23,24);4-5,7-8,11,15H,3,6,9-10H2,1H3,(H2,22,23,24);6-7,9-10,15H,4-5,8H2,1-2H3,(H2,21,22,23);5-9,13H,1-3H3,(H2,20,21,22). The van der Waals surface area contributed by atoms with Crippen LogP contribution in [0.5, 0.6) is 0 Å². The van der Waals surface area contributed by atoms with Gasteiger partial charge < -0.3 is 26.6 Å². The molecule has 28 heteroatoms. The molecule has 0 saturated heterocycles. The molecular weight excluding hydrogens is 1630 g/mol. The van der Waals surface area contributed by atoms with Gasteiger partial charge in [-0.2, -0.15) is 25.5 Å². The van der Waals surface area contributed by atoms with Crippen LogP contribution in [0.3, 0.4) is 0 Å². The number of H-pyrrole nitrogens is 5. The van der Waals surface area contributed by atoms with E-state index < -0.39 is 0 Å². The lowest BCUT2D eigenvalue weighted by Crippen LogP contribution is -2.25. The summed E-state index contributed by atoms with van der Waals surface area (Å²) in [5, 5.41) is 65.8. The Kier molecular flexibility index (Phi) is 24.5. The number of halogens is 4. The molecule has 20 rings (SSSR count). The number of thiophene rings is 1. The van der Waals surface area contributed by atoms with Crippen molar-refractivity contribution in [2.75, 3.05) is 26.6 Å². The Bertz CT molecular complexity index is 6490. The maximum atomic E-state index is 8.00. The number of nitrogens with one attached hydrogen (secondary N) is 10. The van der Waals surface area contributed by atoms with Crippen molar-refractivity contribution in [2.45, 2.75) is 154 Å². The van der Waals surface area contributed by atoms with E-state index in [1.807, 2.05) is 127 Å². The van der Waals surface area contributed by atoms with Crippen molar-refractivity contribution in [3.63, 3.8) is 0 Å². The molecule has 10 N–H and O–H groups in total. The van der Waals surface area contributed by atoms with E-state index in [0.717, 1.165) is 191 Å². The topological polar surface area (TPSA) is 264 Å². The van der Waals surface area contributed by atoms with Crippen LogP contribution in [-0.4, -0.2) is 61.3 Å². The number of allylic oxidation sites excluding steroid dienone is 9. The highest BCUT2D eigenvalue weighted by atomic mass is 35.5. The van der Waals surface area contributed by atoms with Gasteiger partial charge in [0.2, 0.25) is 5.70 Å². The second-order valence-electron chi connectivity index (χ2n) is 31.8. The summed E-state index contributed by atoms with van der Waals surface area (Å²) in [5.41, 5.74) is 21.3. The first-order chi connectivity index (χ1) is 59.5. The van der Waals surface area contributed by atoms with Crippen molar-refractivity contribution < 1.29 is 4.63 Å². The van der Waals surface area contributed by atoms with E-state index >= 15 is 0 Å². The molecule has 612 valence electrons. The Morgan fingerprint density at radius 3 is 1.44 bits per heavy atom. The van der Waals surface area contributed by atoms with E-state index in [0.29, 0.717) is 54.4 Å². The van der Waals surface area contributed by atoms with Gasteiger partial charge in [0.05, 0.1) is 86.7 Å². The molecule has 7 aromatic heterocycles. The van der Waals surface area contributed by atoms with Crippen LogP contribution in [0.2, 0.25) is 20.1 Å². The molecule has 2 aliphatic carbocycles. The normalized spacial score (nSPS) is 18.2. The van der Waals surface area contributed by atoms with Crippen molar-refractivity contribution in [3.05, 3.63) is 365 Å². The molecule has 0 amide bonds. The first-order valence-corrected chi connectivity index (χ1v) is 43.2. The average Bonchev–Trinajstić information content (AvgIpc) is 1.58. The quantitative estimate of drug-likeness (QED) is 0.0482. The number of hydrogen-bond donors (Lipinski definition) is 10. The zero-order valence-corrected chi connectivity index (χ0v) is 71.7. The van der Waals surface area contributed by atoms with Crippen LogP contribution in [0.1, 0.15) is 220 Å². The Morgan fingerprint density at radius 2 is 0.926 bits per heavy atom. The van der Waals surface area contributed by atoms with Gasteiger partial charge in [-0.25, -0.2) is 28.9 Å². The van der Waals surface area contributed by atoms with Crippen molar-refractivity contribution in [1.29, 1.82) is 0 Å².